The van der Waals surface area contributed by atoms with Crippen molar-refractivity contribution in [3.63, 3.8) is 0 Å². The zero-order valence-electron chi connectivity index (χ0n) is 14.4. The normalized spacial score (nSPS) is 26.2. The second kappa shape index (κ2) is 5.90. The number of aliphatic hydroxyl groups excluding tert-OH is 1. The molecule has 0 spiro atoms. The Morgan fingerprint density at radius 3 is 2.38 bits per heavy atom. The van der Waals surface area contributed by atoms with Crippen molar-refractivity contribution in [1.82, 2.24) is 4.90 Å². The third-order valence-electron chi connectivity index (χ3n) is 5.52. The number of rotatable bonds is 2. The lowest BCUT2D eigenvalue weighted by atomic mass is 9.83. The number of hydrogen-bond donors (Lipinski definition) is 1. The third-order valence-corrected chi connectivity index (χ3v) is 5.52. The van der Waals surface area contributed by atoms with Gasteiger partial charge < -0.3 is 10.0 Å². The van der Waals surface area contributed by atoms with E-state index < -0.39 is 35.2 Å². The number of benzene rings is 1. The van der Waals surface area contributed by atoms with Crippen molar-refractivity contribution < 1.29 is 31.9 Å². The van der Waals surface area contributed by atoms with Gasteiger partial charge in [0.2, 0.25) is 5.91 Å². The zero-order valence-corrected chi connectivity index (χ0v) is 14.4. The van der Waals surface area contributed by atoms with Gasteiger partial charge in [-0.2, -0.15) is 22.0 Å². The number of piperidine rings is 1. The Hall–Kier alpha value is -1.70. The van der Waals surface area contributed by atoms with Crippen molar-refractivity contribution in [2.24, 2.45) is 0 Å². The number of likely N-dealkylation sites (tertiary alicyclic amines) is 1. The van der Waals surface area contributed by atoms with Crippen molar-refractivity contribution in [2.75, 3.05) is 6.54 Å². The number of carbonyl (C=O) groups is 1. The van der Waals surface area contributed by atoms with Gasteiger partial charge in [0.1, 0.15) is 0 Å². The topological polar surface area (TPSA) is 40.5 Å². The number of fused-ring (bicyclic) bond motifs is 1. The van der Waals surface area contributed by atoms with E-state index in [0.29, 0.717) is 18.5 Å². The molecule has 1 aliphatic carbocycles. The fourth-order valence-corrected chi connectivity index (χ4v) is 3.91. The fourth-order valence-electron chi connectivity index (χ4n) is 3.91. The Morgan fingerprint density at radius 1 is 1.15 bits per heavy atom. The lowest BCUT2D eigenvalue weighted by molar-refractivity contribution is -0.289. The van der Waals surface area contributed by atoms with Gasteiger partial charge in [0.05, 0.1) is 12.1 Å². The van der Waals surface area contributed by atoms with Crippen molar-refractivity contribution in [3.05, 3.63) is 34.9 Å². The van der Waals surface area contributed by atoms with Crippen LogP contribution in [0.5, 0.6) is 0 Å². The summed E-state index contributed by atoms with van der Waals surface area (Å²) in [7, 11) is 0. The van der Waals surface area contributed by atoms with Crippen molar-refractivity contribution in [2.45, 2.75) is 62.8 Å². The van der Waals surface area contributed by atoms with Crippen LogP contribution in [0.2, 0.25) is 0 Å². The molecular weight excluding hydrogens is 357 g/mol. The Balaban J connectivity index is 2.09. The van der Waals surface area contributed by atoms with Crippen LogP contribution in [0.25, 0.3) is 0 Å². The quantitative estimate of drug-likeness (QED) is 0.790. The van der Waals surface area contributed by atoms with Crippen LogP contribution < -0.4 is 0 Å². The first-order valence-corrected chi connectivity index (χ1v) is 8.46. The minimum Gasteiger partial charge on any atom is -0.390 e. The molecule has 144 valence electrons. The molecule has 1 fully saturated rings. The van der Waals surface area contributed by atoms with Gasteiger partial charge in [0.25, 0.3) is 0 Å². The van der Waals surface area contributed by atoms with E-state index in [2.05, 4.69) is 0 Å². The van der Waals surface area contributed by atoms with Gasteiger partial charge in [0.15, 0.2) is 0 Å². The maximum atomic E-state index is 13.7. The van der Waals surface area contributed by atoms with E-state index in [1.807, 2.05) is 0 Å². The number of amides is 1. The summed E-state index contributed by atoms with van der Waals surface area (Å²) in [4.78, 5) is 13.8. The highest BCUT2D eigenvalue weighted by atomic mass is 19.4. The van der Waals surface area contributed by atoms with Gasteiger partial charge in [-0.1, -0.05) is 26.0 Å². The predicted molar refractivity (Wildman–Crippen MR) is 83.7 cm³/mol. The monoisotopic (exact) mass is 377 g/mol. The van der Waals surface area contributed by atoms with Gasteiger partial charge in [-0.15, -0.1) is 0 Å². The van der Waals surface area contributed by atoms with Crippen molar-refractivity contribution in [1.29, 1.82) is 0 Å². The molecule has 1 aliphatic heterocycles. The van der Waals surface area contributed by atoms with E-state index >= 15 is 0 Å². The van der Waals surface area contributed by atoms with Gasteiger partial charge in [-0.3, -0.25) is 4.79 Å². The van der Waals surface area contributed by atoms with Gasteiger partial charge in [0, 0.05) is 23.9 Å². The SMILES string of the molecule is CC1(C)c2cc(C(F)(F)C(F)(F)F)ccc2C(N2CCCCC2=O)C1O. The van der Waals surface area contributed by atoms with Crippen LogP contribution in [-0.4, -0.2) is 34.7 Å². The first kappa shape index (κ1) is 19.1. The third kappa shape index (κ3) is 2.69. The minimum atomic E-state index is -5.70. The van der Waals surface area contributed by atoms with Crippen LogP contribution in [0.15, 0.2) is 18.2 Å². The van der Waals surface area contributed by atoms with Crippen molar-refractivity contribution in [3.8, 4) is 0 Å². The molecule has 2 aliphatic rings. The lowest BCUT2D eigenvalue weighted by Crippen LogP contribution is -2.44. The van der Waals surface area contributed by atoms with Crippen molar-refractivity contribution >= 4 is 5.91 Å². The second-order valence-corrected chi connectivity index (χ2v) is 7.53. The molecule has 26 heavy (non-hydrogen) atoms. The molecule has 2 atom stereocenters. The van der Waals surface area contributed by atoms with E-state index in [9.17, 15) is 31.9 Å². The first-order valence-electron chi connectivity index (χ1n) is 8.46. The summed E-state index contributed by atoms with van der Waals surface area (Å²) in [6.45, 7) is 3.59. The molecule has 1 aromatic carbocycles. The van der Waals surface area contributed by atoms with E-state index in [1.54, 1.807) is 13.8 Å². The first-order chi connectivity index (χ1) is 11.9. The van der Waals surface area contributed by atoms with E-state index in [1.165, 1.54) is 11.0 Å². The minimum absolute atomic E-state index is 0.145. The van der Waals surface area contributed by atoms with Crippen LogP contribution in [-0.2, 0) is 16.1 Å². The summed E-state index contributed by atoms with van der Waals surface area (Å²) < 4.78 is 65.6. The summed E-state index contributed by atoms with van der Waals surface area (Å²) in [5.74, 6) is -5.13. The summed E-state index contributed by atoms with van der Waals surface area (Å²) in [6.07, 6.45) is -4.96. The van der Waals surface area contributed by atoms with E-state index in [-0.39, 0.29) is 11.5 Å². The number of carbonyl (C=O) groups excluding carboxylic acids is 1. The maximum absolute atomic E-state index is 13.7. The smallest absolute Gasteiger partial charge is 0.390 e. The zero-order chi connectivity index (χ0) is 19.5. The Kier molecular flexibility index (Phi) is 4.33. The number of hydrogen-bond acceptors (Lipinski definition) is 2. The van der Waals surface area contributed by atoms with E-state index in [0.717, 1.165) is 25.0 Å². The number of aliphatic hydroxyl groups is 1. The molecule has 1 aromatic rings. The van der Waals surface area contributed by atoms with Crippen LogP contribution in [0.1, 0.15) is 55.8 Å². The standard InChI is InChI=1S/C18H20F5NO2/c1-16(2)12-9-10(17(19,20)18(21,22)23)6-7-11(12)14(15(16)26)24-8-4-3-5-13(24)25/h6-7,9,14-15,26H,3-5,8H2,1-2H3. The summed E-state index contributed by atoms with van der Waals surface area (Å²) in [6, 6.07) is 2.01. The molecule has 3 nitrogen and oxygen atoms in total. The molecule has 3 rings (SSSR count). The van der Waals surface area contributed by atoms with Gasteiger partial charge in [-0.25, -0.2) is 0 Å². The highest BCUT2D eigenvalue weighted by Gasteiger charge is 2.59. The predicted octanol–water partition coefficient (Wildman–Crippen LogP) is 4.05. The second-order valence-electron chi connectivity index (χ2n) is 7.53. The van der Waals surface area contributed by atoms with E-state index in [4.69, 9.17) is 0 Å². The van der Waals surface area contributed by atoms with Gasteiger partial charge in [-0.05, 0) is 30.0 Å². The average molecular weight is 377 g/mol. The lowest BCUT2D eigenvalue weighted by Gasteiger charge is -2.37. The Bertz CT molecular complexity index is 729. The molecule has 0 aromatic heterocycles. The number of alkyl halides is 5. The highest BCUT2D eigenvalue weighted by molar-refractivity contribution is 5.78. The fraction of sp³-hybridized carbons (Fsp3) is 0.611. The largest absolute Gasteiger partial charge is 0.458 e. The summed E-state index contributed by atoms with van der Waals surface area (Å²) in [5, 5.41) is 10.8. The molecule has 0 bridgehead atoms. The van der Waals surface area contributed by atoms with Crippen LogP contribution in [0.4, 0.5) is 22.0 Å². The molecular formula is C18H20F5NO2. The molecule has 0 saturated carbocycles. The maximum Gasteiger partial charge on any atom is 0.458 e. The summed E-state index contributed by atoms with van der Waals surface area (Å²) in [5.41, 5.74) is -1.57. The van der Waals surface area contributed by atoms with Gasteiger partial charge >= 0.3 is 12.1 Å². The number of nitrogens with zero attached hydrogens (tertiary/aromatic N) is 1. The number of halogens is 5. The molecule has 1 heterocycles. The molecule has 1 saturated heterocycles. The van der Waals surface area contributed by atoms with Crippen LogP contribution in [0.3, 0.4) is 0 Å². The average Bonchev–Trinajstić information content (AvgIpc) is 2.74. The van der Waals surface area contributed by atoms with Crippen LogP contribution >= 0.6 is 0 Å². The highest BCUT2D eigenvalue weighted by Crippen LogP contribution is 2.51. The Labute approximate surface area is 147 Å². The van der Waals surface area contributed by atoms with Crippen LogP contribution in [0, 0.1) is 0 Å². The molecule has 1 amide bonds. The molecule has 1 N–H and O–H groups in total. The summed E-state index contributed by atoms with van der Waals surface area (Å²) >= 11 is 0. The molecule has 8 heteroatoms. The molecule has 0 radical (unpaired) electrons. The Morgan fingerprint density at radius 2 is 1.81 bits per heavy atom. The molecule has 2 unspecified atom stereocenters.